The van der Waals surface area contributed by atoms with Crippen LogP contribution in [-0.4, -0.2) is 36.0 Å². The lowest BCUT2D eigenvalue weighted by molar-refractivity contribution is 0.0950. The highest BCUT2D eigenvalue weighted by atomic mass is 16.5. The van der Waals surface area contributed by atoms with Crippen LogP contribution in [-0.2, 0) is 0 Å². The fourth-order valence-corrected chi connectivity index (χ4v) is 2.63. The minimum atomic E-state index is -0.370. The van der Waals surface area contributed by atoms with Crippen molar-refractivity contribution in [2.45, 2.75) is 13.8 Å². The quantitative estimate of drug-likeness (QED) is 0.507. The molecule has 2 N–H and O–H groups in total. The molecular formula is C21H22N4O3. The average Bonchev–Trinajstić information content (AvgIpc) is 3.22. The number of ether oxygens (including phenoxy) is 2. The van der Waals surface area contributed by atoms with Crippen molar-refractivity contribution in [1.29, 1.82) is 0 Å². The first-order valence-electron chi connectivity index (χ1n) is 8.71. The van der Waals surface area contributed by atoms with Crippen LogP contribution in [0.5, 0.6) is 11.5 Å². The van der Waals surface area contributed by atoms with E-state index < -0.39 is 0 Å². The van der Waals surface area contributed by atoms with Crippen molar-refractivity contribution in [3.05, 3.63) is 65.4 Å². The maximum absolute atomic E-state index is 12.4. The van der Waals surface area contributed by atoms with Gasteiger partial charge in [0, 0.05) is 11.1 Å². The van der Waals surface area contributed by atoms with Gasteiger partial charge in [0.25, 0.3) is 5.91 Å². The molecule has 0 unspecified atom stereocenters. The highest BCUT2D eigenvalue weighted by Gasteiger charge is 2.11. The Hall–Kier alpha value is -3.61. The zero-order valence-electron chi connectivity index (χ0n) is 16.2. The smallest absolute Gasteiger partial charge is 0.289 e. The van der Waals surface area contributed by atoms with Crippen LogP contribution in [0.1, 0.15) is 28.5 Å². The summed E-state index contributed by atoms with van der Waals surface area (Å²) in [5, 5.41) is 11.1. The molecule has 1 amide bonds. The van der Waals surface area contributed by atoms with Crippen LogP contribution in [0.4, 0.5) is 0 Å². The molecule has 0 aliphatic carbocycles. The Kier molecular flexibility index (Phi) is 5.74. The van der Waals surface area contributed by atoms with E-state index in [2.05, 4.69) is 20.7 Å². The largest absolute Gasteiger partial charge is 0.493 e. The number of nitrogens with one attached hydrogen (secondary N) is 2. The average molecular weight is 378 g/mol. The van der Waals surface area contributed by atoms with E-state index in [-0.39, 0.29) is 5.91 Å². The number of nitrogens with zero attached hydrogens (tertiary/aromatic N) is 2. The summed E-state index contributed by atoms with van der Waals surface area (Å²) in [6, 6.07) is 15.1. The number of H-pyrrole nitrogens is 1. The normalized spacial score (nSPS) is 11.2. The number of methoxy groups -OCH3 is 2. The van der Waals surface area contributed by atoms with Crippen molar-refractivity contribution >= 4 is 11.6 Å². The lowest BCUT2D eigenvalue weighted by Gasteiger charge is -2.09. The molecule has 1 aromatic heterocycles. The monoisotopic (exact) mass is 378 g/mol. The van der Waals surface area contributed by atoms with Crippen molar-refractivity contribution in [2.24, 2.45) is 5.10 Å². The second-order valence-corrected chi connectivity index (χ2v) is 6.24. The number of aromatic nitrogens is 2. The molecule has 3 rings (SSSR count). The van der Waals surface area contributed by atoms with Gasteiger partial charge in [-0.3, -0.25) is 9.89 Å². The van der Waals surface area contributed by atoms with Gasteiger partial charge in [-0.15, -0.1) is 0 Å². The summed E-state index contributed by atoms with van der Waals surface area (Å²) >= 11 is 0. The van der Waals surface area contributed by atoms with Crippen LogP contribution in [0.25, 0.3) is 11.3 Å². The summed E-state index contributed by atoms with van der Waals surface area (Å²) in [4.78, 5) is 12.4. The minimum absolute atomic E-state index is 0.333. The van der Waals surface area contributed by atoms with Crippen molar-refractivity contribution < 1.29 is 14.3 Å². The second kappa shape index (κ2) is 8.39. The highest BCUT2D eigenvalue weighted by Crippen LogP contribution is 2.27. The zero-order chi connectivity index (χ0) is 20.1. The molecule has 0 saturated carbocycles. The van der Waals surface area contributed by atoms with Crippen molar-refractivity contribution in [3.63, 3.8) is 0 Å². The Balaban J connectivity index is 1.72. The third-order valence-electron chi connectivity index (χ3n) is 4.30. The SMILES string of the molecule is COc1ccc(/C(C)=N\NC(=O)c2cc(-c3ccc(C)cc3)n[nH]2)cc1OC. The number of amides is 1. The summed E-state index contributed by atoms with van der Waals surface area (Å²) in [6.07, 6.45) is 0. The Bertz CT molecular complexity index is 1010. The molecule has 0 aliphatic rings. The first-order valence-corrected chi connectivity index (χ1v) is 8.71. The van der Waals surface area contributed by atoms with Crippen LogP contribution in [0.2, 0.25) is 0 Å². The fraction of sp³-hybridized carbons (Fsp3) is 0.190. The lowest BCUT2D eigenvalue weighted by atomic mass is 10.1. The minimum Gasteiger partial charge on any atom is -0.493 e. The number of aryl methyl sites for hydroxylation is 1. The Labute approximate surface area is 163 Å². The fourth-order valence-electron chi connectivity index (χ4n) is 2.63. The molecule has 144 valence electrons. The van der Waals surface area contributed by atoms with Crippen LogP contribution >= 0.6 is 0 Å². The van der Waals surface area contributed by atoms with Crippen molar-refractivity contribution in [1.82, 2.24) is 15.6 Å². The Morgan fingerprint density at radius 3 is 2.43 bits per heavy atom. The summed E-state index contributed by atoms with van der Waals surface area (Å²) in [6.45, 7) is 3.82. The third kappa shape index (κ3) is 4.20. The number of benzene rings is 2. The molecule has 7 nitrogen and oxygen atoms in total. The Morgan fingerprint density at radius 1 is 1.04 bits per heavy atom. The molecule has 0 atom stereocenters. The van der Waals surface area contributed by atoms with Crippen molar-refractivity contribution in [3.8, 4) is 22.8 Å². The van der Waals surface area contributed by atoms with E-state index >= 15 is 0 Å². The molecule has 7 heteroatoms. The molecular weight excluding hydrogens is 356 g/mol. The lowest BCUT2D eigenvalue weighted by Crippen LogP contribution is -2.19. The maximum atomic E-state index is 12.4. The van der Waals surface area contributed by atoms with E-state index in [1.54, 1.807) is 39.3 Å². The second-order valence-electron chi connectivity index (χ2n) is 6.24. The van der Waals surface area contributed by atoms with Gasteiger partial charge >= 0.3 is 0 Å². The number of hydrogen-bond donors (Lipinski definition) is 2. The molecule has 0 aliphatic heterocycles. The van der Waals surface area contributed by atoms with Gasteiger partial charge in [0.15, 0.2) is 11.5 Å². The van der Waals surface area contributed by atoms with Crippen LogP contribution in [0, 0.1) is 6.92 Å². The number of hydrogen-bond acceptors (Lipinski definition) is 5. The van der Waals surface area contributed by atoms with Gasteiger partial charge in [0.2, 0.25) is 0 Å². The molecule has 3 aromatic rings. The number of carbonyl (C=O) groups is 1. The van der Waals surface area contributed by atoms with E-state index in [9.17, 15) is 4.79 Å². The van der Waals surface area contributed by atoms with E-state index in [1.165, 1.54) is 0 Å². The van der Waals surface area contributed by atoms with E-state index in [0.29, 0.717) is 28.6 Å². The summed E-state index contributed by atoms with van der Waals surface area (Å²) < 4.78 is 10.5. The molecule has 2 aromatic carbocycles. The van der Waals surface area contributed by atoms with Gasteiger partial charge in [0.05, 0.1) is 25.6 Å². The topological polar surface area (TPSA) is 88.6 Å². The first kappa shape index (κ1) is 19.2. The molecule has 1 heterocycles. The molecule has 0 spiro atoms. The van der Waals surface area contributed by atoms with Gasteiger partial charge < -0.3 is 9.47 Å². The molecule has 0 bridgehead atoms. The zero-order valence-corrected chi connectivity index (χ0v) is 16.2. The third-order valence-corrected chi connectivity index (χ3v) is 4.30. The van der Waals surface area contributed by atoms with Gasteiger partial charge in [0.1, 0.15) is 5.69 Å². The van der Waals surface area contributed by atoms with Crippen molar-refractivity contribution in [2.75, 3.05) is 14.2 Å². The molecule has 0 saturated heterocycles. The standard InChI is InChI=1S/C21H22N4O3/c1-13-5-7-15(8-6-13)17-12-18(24-23-17)21(26)25-22-14(2)16-9-10-19(27-3)20(11-16)28-4/h5-12H,1-4H3,(H,23,24)(H,25,26)/b22-14-. The predicted octanol–water partition coefficient (Wildman–Crippen LogP) is 3.56. The van der Waals surface area contributed by atoms with Gasteiger partial charge in [-0.2, -0.15) is 10.2 Å². The summed E-state index contributed by atoms with van der Waals surface area (Å²) in [7, 11) is 3.15. The molecule has 28 heavy (non-hydrogen) atoms. The number of aromatic amines is 1. The van der Waals surface area contributed by atoms with E-state index in [4.69, 9.17) is 9.47 Å². The molecule has 0 fully saturated rings. The van der Waals surface area contributed by atoms with Gasteiger partial charge in [-0.05, 0) is 38.1 Å². The van der Waals surface area contributed by atoms with Crippen LogP contribution < -0.4 is 14.9 Å². The van der Waals surface area contributed by atoms with Gasteiger partial charge in [-0.25, -0.2) is 5.43 Å². The number of carbonyl (C=O) groups excluding carboxylic acids is 1. The van der Waals surface area contributed by atoms with E-state index in [1.807, 2.05) is 37.3 Å². The van der Waals surface area contributed by atoms with E-state index in [0.717, 1.165) is 16.7 Å². The number of rotatable bonds is 6. The number of hydrazone groups is 1. The van der Waals surface area contributed by atoms with Crippen LogP contribution in [0.3, 0.4) is 0 Å². The molecule has 0 radical (unpaired) electrons. The summed E-state index contributed by atoms with van der Waals surface area (Å²) in [5.41, 5.74) is 7.12. The van der Waals surface area contributed by atoms with Crippen LogP contribution in [0.15, 0.2) is 53.6 Å². The first-order chi connectivity index (χ1) is 13.5. The van der Waals surface area contributed by atoms with Gasteiger partial charge in [-0.1, -0.05) is 29.8 Å². The maximum Gasteiger partial charge on any atom is 0.289 e. The predicted molar refractivity (Wildman–Crippen MR) is 108 cm³/mol. The Morgan fingerprint density at radius 2 is 1.75 bits per heavy atom. The highest BCUT2D eigenvalue weighted by molar-refractivity contribution is 6.01. The summed E-state index contributed by atoms with van der Waals surface area (Å²) in [5.74, 6) is 0.854.